The van der Waals surface area contributed by atoms with Crippen LogP contribution in [0.1, 0.15) is 0 Å². The van der Waals surface area contributed by atoms with Gasteiger partial charge in [0.05, 0.1) is 16.8 Å². The highest BCUT2D eigenvalue weighted by Gasteiger charge is 2.19. The number of anilines is 1. The van der Waals surface area contributed by atoms with E-state index in [0.717, 1.165) is 0 Å². The van der Waals surface area contributed by atoms with Crippen molar-refractivity contribution in [3.05, 3.63) is 35.1 Å². The summed E-state index contributed by atoms with van der Waals surface area (Å²) in [4.78, 5) is -0.147. The van der Waals surface area contributed by atoms with Crippen LogP contribution in [0, 0.1) is 0 Å². The Morgan fingerprint density at radius 3 is 2.38 bits per heavy atom. The van der Waals surface area contributed by atoms with Crippen molar-refractivity contribution >= 4 is 51.4 Å². The number of hydrogen-bond donors (Lipinski definition) is 1. The average molecular weight is 415 g/mol. The van der Waals surface area contributed by atoms with E-state index in [2.05, 4.69) is 25.8 Å². The molecule has 1 aromatic heterocycles. The first-order valence-corrected chi connectivity index (χ1v) is 9.94. The van der Waals surface area contributed by atoms with Gasteiger partial charge in [-0.05, 0) is 34.1 Å². The van der Waals surface area contributed by atoms with Crippen LogP contribution in [-0.4, -0.2) is 26.6 Å². The highest BCUT2D eigenvalue weighted by Crippen LogP contribution is 2.29. The first kappa shape index (κ1) is 16.3. The fourth-order valence-electron chi connectivity index (χ4n) is 1.47. The Kier molecular flexibility index (Phi) is 4.34. The molecule has 0 saturated carbocycles. The SMILES string of the molecule is Cn1cc(S(=O)(=O)Nc2ccc(S(=O)(=O)Cl)cc2Br)cn1. The molecule has 2 aromatic rings. The molecule has 0 unspecified atom stereocenters. The predicted molar refractivity (Wildman–Crippen MR) is 81.2 cm³/mol. The van der Waals surface area contributed by atoms with Gasteiger partial charge in [0.15, 0.2) is 0 Å². The molecule has 0 atom stereocenters. The minimum Gasteiger partial charge on any atom is -0.278 e. The fourth-order valence-corrected chi connectivity index (χ4v) is 4.07. The van der Waals surface area contributed by atoms with Crippen molar-refractivity contribution in [2.24, 2.45) is 7.05 Å². The second kappa shape index (κ2) is 5.59. The van der Waals surface area contributed by atoms with Gasteiger partial charge in [-0.15, -0.1) is 0 Å². The zero-order valence-electron chi connectivity index (χ0n) is 10.5. The van der Waals surface area contributed by atoms with Gasteiger partial charge in [-0.1, -0.05) is 0 Å². The van der Waals surface area contributed by atoms with Gasteiger partial charge in [-0.25, -0.2) is 16.8 Å². The summed E-state index contributed by atoms with van der Waals surface area (Å²) in [6.45, 7) is 0. The lowest BCUT2D eigenvalue weighted by Gasteiger charge is -2.09. The number of aromatic nitrogens is 2. The number of aryl methyl sites for hydroxylation is 1. The van der Waals surface area contributed by atoms with Gasteiger partial charge in [0, 0.05) is 28.4 Å². The quantitative estimate of drug-likeness (QED) is 0.771. The molecule has 2 rings (SSSR count). The van der Waals surface area contributed by atoms with Crippen molar-refractivity contribution in [2.75, 3.05) is 4.72 Å². The largest absolute Gasteiger partial charge is 0.278 e. The zero-order valence-corrected chi connectivity index (χ0v) is 14.5. The molecular formula is C10H9BrClN3O4S2. The van der Waals surface area contributed by atoms with Crippen molar-refractivity contribution in [3.8, 4) is 0 Å². The Morgan fingerprint density at radius 1 is 1.24 bits per heavy atom. The van der Waals surface area contributed by atoms with Crippen LogP contribution in [0.3, 0.4) is 0 Å². The van der Waals surface area contributed by atoms with Gasteiger partial charge in [-0.2, -0.15) is 5.10 Å². The molecule has 21 heavy (non-hydrogen) atoms. The predicted octanol–water partition coefficient (Wildman–Crippen LogP) is 1.91. The number of hydrogen-bond acceptors (Lipinski definition) is 5. The first-order valence-electron chi connectivity index (χ1n) is 5.35. The standard InChI is InChI=1S/C10H9BrClN3O4S2/c1-15-6-8(5-13-15)21(18,19)14-10-3-2-7(4-9(10)11)20(12,16)17/h2-6,14H,1H3. The number of halogens is 2. The first-order chi connectivity index (χ1) is 9.59. The van der Waals surface area contributed by atoms with E-state index >= 15 is 0 Å². The van der Waals surface area contributed by atoms with Gasteiger partial charge in [0.25, 0.3) is 19.1 Å². The van der Waals surface area contributed by atoms with Crippen LogP contribution in [0.4, 0.5) is 5.69 Å². The van der Waals surface area contributed by atoms with Crippen molar-refractivity contribution in [1.82, 2.24) is 9.78 Å². The third-order valence-corrected chi connectivity index (χ3v) is 5.79. The number of nitrogens with zero attached hydrogens (tertiary/aromatic N) is 2. The third kappa shape index (κ3) is 3.76. The van der Waals surface area contributed by atoms with E-state index in [4.69, 9.17) is 10.7 Å². The van der Waals surface area contributed by atoms with E-state index in [1.165, 1.54) is 35.3 Å². The van der Waals surface area contributed by atoms with Crippen LogP contribution < -0.4 is 4.72 Å². The molecule has 7 nitrogen and oxygen atoms in total. The van der Waals surface area contributed by atoms with E-state index in [-0.39, 0.29) is 20.0 Å². The minimum atomic E-state index is -3.88. The van der Waals surface area contributed by atoms with Crippen molar-refractivity contribution in [2.45, 2.75) is 9.79 Å². The maximum Gasteiger partial charge on any atom is 0.265 e. The third-order valence-electron chi connectivity index (χ3n) is 2.46. The van der Waals surface area contributed by atoms with Gasteiger partial charge in [0.2, 0.25) is 0 Å². The number of rotatable bonds is 4. The number of nitrogens with one attached hydrogen (secondary N) is 1. The molecule has 1 N–H and O–H groups in total. The lowest BCUT2D eigenvalue weighted by Crippen LogP contribution is -2.12. The second-order valence-corrected chi connectivity index (χ2v) is 9.14. The summed E-state index contributed by atoms with van der Waals surface area (Å²) in [6, 6.07) is 3.71. The molecule has 0 aliphatic carbocycles. The molecule has 11 heteroatoms. The lowest BCUT2D eigenvalue weighted by atomic mass is 10.3. The van der Waals surface area contributed by atoms with Crippen molar-refractivity contribution < 1.29 is 16.8 Å². The van der Waals surface area contributed by atoms with Crippen LogP contribution in [0.2, 0.25) is 0 Å². The Hall–Kier alpha value is -1.10. The minimum absolute atomic E-state index is 0.00839. The van der Waals surface area contributed by atoms with Crippen molar-refractivity contribution in [3.63, 3.8) is 0 Å². The van der Waals surface area contributed by atoms with Gasteiger partial charge < -0.3 is 0 Å². The van der Waals surface area contributed by atoms with E-state index in [0.29, 0.717) is 0 Å². The van der Waals surface area contributed by atoms with Crippen LogP contribution >= 0.6 is 26.6 Å². The summed E-state index contributed by atoms with van der Waals surface area (Å²) < 4.78 is 50.6. The summed E-state index contributed by atoms with van der Waals surface area (Å²) >= 11 is 3.10. The number of benzene rings is 1. The normalized spacial score (nSPS) is 12.3. The van der Waals surface area contributed by atoms with E-state index in [1.54, 1.807) is 7.05 Å². The van der Waals surface area contributed by atoms with Gasteiger partial charge >= 0.3 is 0 Å². The van der Waals surface area contributed by atoms with Crippen LogP contribution in [-0.2, 0) is 26.1 Å². The van der Waals surface area contributed by atoms with Gasteiger partial charge in [0.1, 0.15) is 4.90 Å². The van der Waals surface area contributed by atoms with Gasteiger partial charge in [-0.3, -0.25) is 9.40 Å². The van der Waals surface area contributed by atoms with Crippen LogP contribution in [0.15, 0.2) is 44.9 Å². The molecule has 0 aliphatic rings. The molecule has 0 fully saturated rings. The maximum atomic E-state index is 12.1. The Bertz CT molecular complexity index is 893. The lowest BCUT2D eigenvalue weighted by molar-refractivity contribution is 0.601. The molecule has 0 spiro atoms. The van der Waals surface area contributed by atoms with Crippen LogP contribution in [0.5, 0.6) is 0 Å². The van der Waals surface area contributed by atoms with E-state index < -0.39 is 19.1 Å². The topological polar surface area (TPSA) is 98.1 Å². The highest BCUT2D eigenvalue weighted by atomic mass is 79.9. The molecule has 0 radical (unpaired) electrons. The Balaban J connectivity index is 2.36. The summed E-state index contributed by atoms with van der Waals surface area (Å²) in [5.41, 5.74) is 0.183. The molecule has 1 heterocycles. The fraction of sp³-hybridized carbons (Fsp3) is 0.100. The molecule has 0 saturated heterocycles. The maximum absolute atomic E-state index is 12.1. The Labute approximate surface area is 134 Å². The zero-order chi connectivity index (χ0) is 15.8. The molecule has 114 valence electrons. The number of sulfonamides is 1. The summed E-state index contributed by atoms with van der Waals surface area (Å²) in [6.07, 6.45) is 2.54. The molecule has 0 bridgehead atoms. The summed E-state index contributed by atoms with van der Waals surface area (Å²) in [5, 5.41) is 3.78. The Morgan fingerprint density at radius 2 is 1.90 bits per heavy atom. The monoisotopic (exact) mass is 413 g/mol. The summed E-state index contributed by atoms with van der Waals surface area (Å²) in [7, 11) is -0.883. The molecular weight excluding hydrogens is 406 g/mol. The smallest absolute Gasteiger partial charge is 0.265 e. The summed E-state index contributed by atoms with van der Waals surface area (Å²) in [5.74, 6) is 0. The average Bonchev–Trinajstić information content (AvgIpc) is 2.78. The van der Waals surface area contributed by atoms with E-state index in [9.17, 15) is 16.8 Å². The second-order valence-electron chi connectivity index (χ2n) is 4.03. The molecule has 1 aromatic carbocycles. The highest BCUT2D eigenvalue weighted by molar-refractivity contribution is 9.10. The molecule has 0 amide bonds. The van der Waals surface area contributed by atoms with Crippen LogP contribution in [0.25, 0.3) is 0 Å². The van der Waals surface area contributed by atoms with Crippen molar-refractivity contribution in [1.29, 1.82) is 0 Å². The molecule has 0 aliphatic heterocycles. The van der Waals surface area contributed by atoms with E-state index in [1.807, 2.05) is 0 Å².